The number of nitrogens with one attached hydrogen (secondary N) is 12. The monoisotopic (exact) mass is 1900 g/mol. The highest BCUT2D eigenvalue weighted by molar-refractivity contribution is 6.02. The van der Waals surface area contributed by atoms with Gasteiger partial charge in [-0.25, -0.2) is 0 Å². The third-order valence-corrected chi connectivity index (χ3v) is 23.8. The minimum Gasteiger partial charge on any atom is -0.497 e. The average Bonchev–Trinajstić information content (AvgIpc) is 1.64. The Balaban J connectivity index is 1.02. The number of aromatic amines is 1. The molecule has 0 aliphatic carbocycles. The van der Waals surface area contributed by atoms with E-state index in [9.17, 15) is 106 Å². The molecule has 3 aromatic carbocycles. The van der Waals surface area contributed by atoms with Gasteiger partial charge in [-0.15, -0.1) is 0 Å². The number of methoxy groups -OCH3 is 1. The number of nitrogens with zero attached hydrogens (tertiary/aromatic N) is 6. The highest BCUT2D eigenvalue weighted by Gasteiger charge is 2.46. The molecule has 7 rings (SSSR count). The zero-order chi connectivity index (χ0) is 100. The number of rotatable bonds is 56. The van der Waals surface area contributed by atoms with Crippen LogP contribution >= 0.6 is 0 Å². The maximum atomic E-state index is 14.8. The van der Waals surface area contributed by atoms with E-state index >= 15 is 0 Å². The number of aliphatic hydroxyl groups excluding tert-OH is 1. The highest BCUT2D eigenvalue weighted by atomic mass is 16.5. The zero-order valence-corrected chi connectivity index (χ0v) is 78.4. The predicted molar refractivity (Wildman–Crippen MR) is 495 cm³/mol. The number of primary amides is 2. The molecule has 2 saturated heterocycles. The molecule has 744 valence electrons. The minimum absolute atomic E-state index is 0.0693. The maximum absolute atomic E-state index is 14.8. The first-order valence-electron chi connectivity index (χ1n) is 45.4. The molecular weight excluding hydrogens is 1770 g/mol. The van der Waals surface area contributed by atoms with Crippen molar-refractivity contribution in [3.05, 3.63) is 102 Å². The van der Waals surface area contributed by atoms with Crippen molar-refractivity contribution in [1.29, 1.82) is 0 Å². The highest BCUT2D eigenvalue weighted by Crippen LogP contribution is 2.28. The van der Waals surface area contributed by atoms with Crippen LogP contribution < -0.4 is 86.2 Å². The summed E-state index contributed by atoms with van der Waals surface area (Å²) in [6, 6.07) is -0.184. The molecule has 0 spiro atoms. The number of hydrogen-bond donors (Lipinski definition) is 19. The molecule has 15 atom stereocenters. The molecule has 2 fully saturated rings. The van der Waals surface area contributed by atoms with Crippen LogP contribution in [0.15, 0.2) is 85.2 Å². The van der Waals surface area contributed by atoms with E-state index in [0.29, 0.717) is 69.8 Å². The second-order valence-electron chi connectivity index (χ2n) is 34.8. The van der Waals surface area contributed by atoms with Gasteiger partial charge >= 0.3 is 11.9 Å². The fourth-order valence-corrected chi connectivity index (χ4v) is 16.4. The molecule has 0 unspecified atom stereocenters. The molecule has 2 aliphatic heterocycles. The Bertz CT molecular complexity index is 5060. The number of carbonyl (C=O) groups excluding carboxylic acids is 17. The van der Waals surface area contributed by atoms with E-state index < -0.39 is 250 Å². The van der Waals surface area contributed by atoms with Crippen LogP contribution in [0.3, 0.4) is 0 Å². The molecule has 0 saturated carbocycles. The van der Waals surface area contributed by atoms with Crippen molar-refractivity contribution in [2.75, 3.05) is 81.1 Å². The van der Waals surface area contributed by atoms with Crippen LogP contribution in [-0.2, 0) is 117 Å². The number of β-amino-alcohol motifs (C(OH)–C–C–N with tert-alkyl or cyclic N) is 1. The van der Waals surface area contributed by atoms with Crippen LogP contribution in [0.1, 0.15) is 135 Å². The van der Waals surface area contributed by atoms with E-state index in [2.05, 4.69) is 63.5 Å². The number of unbranched alkanes of at least 4 members (excludes halogenated alkanes) is 2. The van der Waals surface area contributed by atoms with Crippen LogP contribution in [0.5, 0.6) is 5.75 Å². The minimum atomic E-state index is -2.05. The molecule has 2 aliphatic rings. The molecule has 45 heteroatoms. The summed E-state index contributed by atoms with van der Waals surface area (Å²) in [4.78, 5) is 273. The van der Waals surface area contributed by atoms with E-state index in [4.69, 9.17) is 27.7 Å². The summed E-state index contributed by atoms with van der Waals surface area (Å²) < 4.78 is 6.79. The van der Waals surface area contributed by atoms with Crippen LogP contribution in [0.25, 0.3) is 21.8 Å². The molecule has 2 aromatic heterocycles. The number of ether oxygens (including phenoxy) is 1. The van der Waals surface area contributed by atoms with E-state index in [1.165, 1.54) is 30.5 Å². The molecule has 136 heavy (non-hydrogen) atoms. The van der Waals surface area contributed by atoms with E-state index in [1.807, 2.05) is 13.8 Å². The van der Waals surface area contributed by atoms with Crippen LogP contribution in [0.4, 0.5) is 0 Å². The van der Waals surface area contributed by atoms with Gasteiger partial charge in [-0.1, -0.05) is 102 Å². The number of fused-ring (bicyclic) bond motifs is 2. The number of aromatic nitrogens is 2. The Morgan fingerprint density at radius 1 is 0.566 bits per heavy atom. The number of carboxylic acid groups (broad SMARTS) is 2. The Hall–Kier alpha value is -13.5. The molecule has 5 aromatic rings. The third kappa shape index (κ3) is 31.5. The number of nitrogens with two attached hydrogens (primary N) is 4. The first kappa shape index (κ1) is 109. The Kier molecular flexibility index (Phi) is 42.6. The summed E-state index contributed by atoms with van der Waals surface area (Å²) >= 11 is 0. The Labute approximate surface area is 786 Å². The van der Waals surface area contributed by atoms with Gasteiger partial charge in [-0.3, -0.25) is 91.2 Å². The van der Waals surface area contributed by atoms with E-state index in [-0.39, 0.29) is 76.3 Å². The smallest absolute Gasteiger partial charge is 0.323 e. The average molecular weight is 1900 g/mol. The molecule has 16 amide bonds. The van der Waals surface area contributed by atoms with Gasteiger partial charge in [0.05, 0.1) is 51.2 Å². The lowest BCUT2D eigenvalue weighted by Crippen LogP contribution is -2.61. The number of hydrogen-bond acceptors (Lipinski definition) is 25. The van der Waals surface area contributed by atoms with Gasteiger partial charge in [0.2, 0.25) is 94.5 Å². The number of likely N-dealkylation sites (tertiary alicyclic amines) is 2. The number of amides is 16. The summed E-state index contributed by atoms with van der Waals surface area (Å²) in [5.41, 5.74) is 25.7. The lowest BCUT2D eigenvalue weighted by Gasteiger charge is -2.34. The van der Waals surface area contributed by atoms with Crippen molar-refractivity contribution in [2.24, 2.45) is 28.9 Å². The molecule has 0 radical (unpaired) electrons. The number of para-hydroxylation sites is 2. The van der Waals surface area contributed by atoms with Crippen molar-refractivity contribution in [2.45, 2.75) is 235 Å². The van der Waals surface area contributed by atoms with Crippen molar-refractivity contribution >= 4 is 135 Å². The third-order valence-electron chi connectivity index (χ3n) is 23.8. The molecule has 45 nitrogen and oxygen atoms in total. The first-order chi connectivity index (χ1) is 64.6. The number of aliphatic carboxylic acids is 2. The second kappa shape index (κ2) is 52.9. The number of likely N-dealkylation sites (N-methyl/N-ethyl adjacent to an activating group) is 3. The van der Waals surface area contributed by atoms with Crippen molar-refractivity contribution in [1.82, 2.24) is 92.5 Å². The molecule has 23 N–H and O–H groups in total. The summed E-state index contributed by atoms with van der Waals surface area (Å²) in [5, 5.41) is 60.4. The summed E-state index contributed by atoms with van der Waals surface area (Å²) in [6.07, 6.45) is 2.63. The topological polar surface area (TPSA) is 668 Å². The summed E-state index contributed by atoms with van der Waals surface area (Å²) in [5.74, 6) is -17.4. The number of aldehydes is 1. The van der Waals surface area contributed by atoms with Crippen molar-refractivity contribution < 1.29 is 111 Å². The Morgan fingerprint density at radius 2 is 1.15 bits per heavy atom. The van der Waals surface area contributed by atoms with E-state index in [0.717, 1.165) is 27.5 Å². The largest absolute Gasteiger partial charge is 0.497 e. The SMILES string of the molecule is CCCC[C@@H](C(=O)N(C)[C@@H](CCCC)C(=O)N[C@@H](CC(C)C)C(=O)N[C@@H](CNCC(=O)N[C@@H](Cc1ccc(OC)cc1)C(=O)N(C)[C@@H](C)C(=O)N[C@@H](CC(N)=O)C(=O)N1CCC[C@H]1C(=O)N[C@@H](CN)C(=O)N[C@@H](CC(=O)O)C(=O)N1C[C@H](O)C[C@H]1C(=O)N[C@@H](Cc1c[nH]c2ccccc12)C(=O)N[C@@H](CCN)C(=O)N[C@H](C=O)Cc1cn(CC(=O)O)c2ccccc12)C(=O)NCC(N)=O)N(C)C. The van der Waals surface area contributed by atoms with Gasteiger partial charge in [-0.05, 0) is 113 Å². The van der Waals surface area contributed by atoms with Crippen LogP contribution in [-0.4, -0.2) is 334 Å². The maximum Gasteiger partial charge on any atom is 0.323 e. The van der Waals surface area contributed by atoms with Gasteiger partial charge in [0, 0.05) is 100 Å². The number of carboxylic acids is 2. The van der Waals surface area contributed by atoms with Crippen molar-refractivity contribution in [3.63, 3.8) is 0 Å². The normalized spacial score (nSPS) is 16.8. The first-order valence-corrected chi connectivity index (χ1v) is 45.4. The van der Waals surface area contributed by atoms with Gasteiger partial charge in [0.15, 0.2) is 0 Å². The van der Waals surface area contributed by atoms with E-state index in [1.54, 1.807) is 125 Å². The fourth-order valence-electron chi connectivity index (χ4n) is 16.4. The lowest BCUT2D eigenvalue weighted by molar-refractivity contribution is -0.146. The number of benzene rings is 3. The van der Waals surface area contributed by atoms with Crippen molar-refractivity contribution in [3.8, 4) is 5.75 Å². The number of H-pyrrole nitrogens is 1. The zero-order valence-electron chi connectivity index (χ0n) is 78.4. The fraction of sp³-hybridized carbons (Fsp3) is 0.549. The summed E-state index contributed by atoms with van der Waals surface area (Å²) in [7, 11) is 7.74. The standard InChI is InChI=1S/C91H132N22O23/c1-11-13-23-70(110(9)91(135)72(108(6)7)24-14-12-2)85(129)102-62(34-50(3)4)82(126)107-68(80(124)98-44-75(95)117)43-96-45-76(118)100-64(35-52-27-29-57(136-10)30-28-52)88(132)109(8)51(5)79(123)104-65(39-74(94)116)89(133)112-33-19-26-71(112)86(130)106-67(41-93)84(128)105-66(40-77(119)120)90(134)113-47-56(115)38-73(113)87(131)103-63(37-53-42-97-60-22-17-15-20-58(53)60)83(127)101-61(31-32-92)81(125)99-55(49-114)36-54-46-111(48-78(121)122)69-25-18-16-21-59(54)69/h15-18,20-22,25,27-30,42,46,49-51,55-56,61-68,70-73,96-97,115H,11-14,19,23-24,26,31-41,43-45,47-48,92-93H2,1-10H3,(H2,94,116)(H2,95,117)(H,98,124)(H,99,125)(H,100,118)(H,101,127)(H,102,129)(H,103,131)(H,104,123)(H,105,128)(H,106,130)(H,107,126)(H,119,120)(H,121,122)/t51-,55-,56+,61-,62-,63-,64-,65-,66-,67-,68-,70-,71-,72-,73-/m0/s1. The summed E-state index contributed by atoms with van der Waals surface area (Å²) in [6.45, 7) is 4.91. The van der Waals surface area contributed by atoms with Crippen LogP contribution in [0.2, 0.25) is 0 Å². The number of carbonyl (C=O) groups is 19. The van der Waals surface area contributed by atoms with Gasteiger partial charge in [-0.2, -0.15) is 0 Å². The number of aliphatic hydroxyl groups is 1. The Morgan fingerprint density at radius 3 is 1.77 bits per heavy atom. The van der Waals surface area contributed by atoms with Gasteiger partial charge < -0.3 is 135 Å². The second-order valence-corrected chi connectivity index (χ2v) is 34.8. The predicted octanol–water partition coefficient (Wildman–Crippen LogP) is -4.36. The van der Waals surface area contributed by atoms with Crippen LogP contribution in [0, 0.1) is 5.92 Å². The molecule has 4 heterocycles. The van der Waals surface area contributed by atoms with Gasteiger partial charge in [0.1, 0.15) is 91.1 Å². The quantitative estimate of drug-likeness (QED) is 0.0164. The van der Waals surface area contributed by atoms with Gasteiger partial charge in [0.25, 0.3) is 0 Å². The molecule has 0 bridgehead atoms. The lowest BCUT2D eigenvalue weighted by atomic mass is 10.0. The molecular formula is C91H132N22O23.